The quantitative estimate of drug-likeness (QED) is 0.491. The maximum absolute atomic E-state index is 11.3. The molecule has 88 valence electrons. The normalized spacial score (nSPS) is 20.5. The van der Waals surface area contributed by atoms with E-state index in [9.17, 15) is 14.7 Å². The molecule has 6 nitrogen and oxygen atoms in total. The van der Waals surface area contributed by atoms with Crippen LogP contribution in [-0.2, 0) is 18.9 Å². The Bertz CT molecular complexity index is 276. The number of aliphatic hydroxyl groups is 1. The van der Waals surface area contributed by atoms with Gasteiger partial charge in [-0.25, -0.2) is 0 Å². The Morgan fingerprint density at radius 3 is 2.44 bits per heavy atom. The highest BCUT2D eigenvalue weighted by Crippen LogP contribution is 2.06. The van der Waals surface area contributed by atoms with Crippen molar-refractivity contribution in [2.75, 3.05) is 20.1 Å². The highest BCUT2D eigenvalue weighted by Gasteiger charge is 2.37. The van der Waals surface area contributed by atoms with Crippen LogP contribution >= 0.6 is 0 Å². The van der Waals surface area contributed by atoms with Crippen molar-refractivity contribution in [2.45, 2.75) is 12.4 Å². The Balaban J connectivity index is 2.66. The SMILES string of the molecule is C=CCC(O)B1OC(=O)CN(C)CC(=O)O1. The molecule has 0 aromatic heterocycles. The summed E-state index contributed by atoms with van der Waals surface area (Å²) >= 11 is 0. The summed E-state index contributed by atoms with van der Waals surface area (Å²) in [4.78, 5) is 24.0. The van der Waals surface area contributed by atoms with Crippen LogP contribution in [0.5, 0.6) is 0 Å². The fourth-order valence-electron chi connectivity index (χ4n) is 1.29. The number of carbonyl (C=O) groups is 2. The van der Waals surface area contributed by atoms with Gasteiger partial charge in [0.2, 0.25) is 0 Å². The van der Waals surface area contributed by atoms with Crippen molar-refractivity contribution in [3.05, 3.63) is 12.7 Å². The van der Waals surface area contributed by atoms with E-state index < -0.39 is 25.1 Å². The Hall–Kier alpha value is -1.34. The topological polar surface area (TPSA) is 76.1 Å². The summed E-state index contributed by atoms with van der Waals surface area (Å²) in [6.07, 6.45) is 1.64. The zero-order valence-electron chi connectivity index (χ0n) is 9.09. The van der Waals surface area contributed by atoms with Crippen molar-refractivity contribution < 1.29 is 24.0 Å². The van der Waals surface area contributed by atoms with Gasteiger partial charge >= 0.3 is 19.1 Å². The first-order valence-electron chi connectivity index (χ1n) is 4.89. The van der Waals surface area contributed by atoms with Crippen molar-refractivity contribution in [3.63, 3.8) is 0 Å². The van der Waals surface area contributed by atoms with Gasteiger partial charge in [-0.1, -0.05) is 6.08 Å². The Labute approximate surface area is 94.0 Å². The second-order valence-electron chi connectivity index (χ2n) is 3.61. The van der Waals surface area contributed by atoms with Crippen molar-refractivity contribution in [2.24, 2.45) is 0 Å². The Morgan fingerprint density at radius 2 is 2.00 bits per heavy atom. The predicted octanol–water partition coefficient (Wildman–Crippen LogP) is -1.02. The molecule has 1 saturated heterocycles. The zero-order chi connectivity index (χ0) is 12.1. The van der Waals surface area contributed by atoms with Gasteiger partial charge in [0.1, 0.15) is 6.00 Å². The predicted molar refractivity (Wildman–Crippen MR) is 56.3 cm³/mol. The van der Waals surface area contributed by atoms with Crippen molar-refractivity contribution >= 4 is 19.1 Å². The molecule has 0 aliphatic carbocycles. The van der Waals surface area contributed by atoms with E-state index in [1.165, 1.54) is 11.0 Å². The molecule has 0 saturated carbocycles. The molecule has 0 aromatic rings. The number of carbonyl (C=O) groups excluding carboxylic acids is 2. The average molecular weight is 227 g/mol. The molecule has 1 aliphatic rings. The molecule has 1 fully saturated rings. The average Bonchev–Trinajstić information content (AvgIpc) is 2.14. The molecule has 0 radical (unpaired) electrons. The van der Waals surface area contributed by atoms with Crippen LogP contribution in [-0.4, -0.2) is 55.2 Å². The summed E-state index contributed by atoms with van der Waals surface area (Å²) in [7, 11) is 0.356. The minimum Gasteiger partial charge on any atom is -0.497 e. The van der Waals surface area contributed by atoms with Gasteiger partial charge in [0.05, 0.1) is 13.1 Å². The van der Waals surface area contributed by atoms with Crippen LogP contribution in [0.15, 0.2) is 12.7 Å². The van der Waals surface area contributed by atoms with Gasteiger partial charge in [-0.05, 0) is 13.5 Å². The molecule has 1 heterocycles. The standard InChI is InChI=1S/C9H14BNO5/c1-3-4-7(12)10-15-8(13)5-11(2)6-9(14)16-10/h3,7,12H,1,4-6H2,2H3. The summed E-state index contributed by atoms with van der Waals surface area (Å²) < 4.78 is 9.65. The highest BCUT2D eigenvalue weighted by atomic mass is 16.6. The zero-order valence-corrected chi connectivity index (χ0v) is 9.09. The first-order valence-corrected chi connectivity index (χ1v) is 4.89. The smallest absolute Gasteiger partial charge is 0.497 e. The van der Waals surface area contributed by atoms with E-state index in [-0.39, 0.29) is 19.5 Å². The van der Waals surface area contributed by atoms with Gasteiger partial charge in [-0.15, -0.1) is 6.58 Å². The van der Waals surface area contributed by atoms with Gasteiger partial charge in [-0.2, -0.15) is 0 Å². The summed E-state index contributed by atoms with van der Waals surface area (Å²) in [5.74, 6) is -1.08. The largest absolute Gasteiger partial charge is 0.629 e. The maximum atomic E-state index is 11.3. The monoisotopic (exact) mass is 227 g/mol. The molecule has 1 N–H and O–H groups in total. The van der Waals surface area contributed by atoms with Crippen LogP contribution in [0.2, 0.25) is 0 Å². The summed E-state index contributed by atoms with van der Waals surface area (Å²) in [5, 5.41) is 9.55. The molecule has 0 spiro atoms. The Kier molecular flexibility index (Phi) is 4.51. The van der Waals surface area contributed by atoms with Crippen LogP contribution in [0.1, 0.15) is 6.42 Å². The van der Waals surface area contributed by atoms with Gasteiger partial charge in [0.15, 0.2) is 0 Å². The molecule has 0 aromatic carbocycles. The van der Waals surface area contributed by atoms with E-state index in [0.29, 0.717) is 0 Å². The lowest BCUT2D eigenvalue weighted by Gasteiger charge is -2.24. The third-order valence-electron chi connectivity index (χ3n) is 2.02. The molecule has 0 bridgehead atoms. The minimum atomic E-state index is -1.24. The van der Waals surface area contributed by atoms with Crippen molar-refractivity contribution in [3.8, 4) is 0 Å². The molecule has 1 atom stereocenters. The first kappa shape index (κ1) is 12.7. The van der Waals surface area contributed by atoms with E-state index in [0.717, 1.165) is 0 Å². The van der Waals surface area contributed by atoms with Crippen molar-refractivity contribution in [1.82, 2.24) is 4.90 Å². The van der Waals surface area contributed by atoms with Gasteiger partial charge in [-0.3, -0.25) is 14.5 Å². The van der Waals surface area contributed by atoms with Crippen LogP contribution in [0.25, 0.3) is 0 Å². The van der Waals surface area contributed by atoms with Gasteiger partial charge in [0, 0.05) is 0 Å². The molecule has 1 aliphatic heterocycles. The van der Waals surface area contributed by atoms with E-state index >= 15 is 0 Å². The molecular weight excluding hydrogens is 213 g/mol. The number of hydrogen-bond acceptors (Lipinski definition) is 6. The van der Waals surface area contributed by atoms with E-state index in [4.69, 9.17) is 9.31 Å². The molecule has 1 unspecified atom stereocenters. The van der Waals surface area contributed by atoms with Gasteiger partial charge in [0.25, 0.3) is 0 Å². The van der Waals surface area contributed by atoms with E-state index in [2.05, 4.69) is 6.58 Å². The molecule has 16 heavy (non-hydrogen) atoms. The highest BCUT2D eigenvalue weighted by molar-refractivity contribution is 6.50. The lowest BCUT2D eigenvalue weighted by Crippen LogP contribution is -2.47. The van der Waals surface area contributed by atoms with E-state index in [1.54, 1.807) is 7.05 Å². The third kappa shape index (κ3) is 3.67. The number of likely N-dealkylation sites (N-methyl/N-ethyl adjacent to an activating group) is 1. The Morgan fingerprint density at radius 1 is 1.50 bits per heavy atom. The minimum absolute atomic E-state index is 0.00753. The van der Waals surface area contributed by atoms with Crippen LogP contribution in [0.4, 0.5) is 0 Å². The first-order chi connectivity index (χ1) is 7.52. The molecular formula is C9H14BNO5. The fraction of sp³-hybridized carbons (Fsp3) is 0.556. The van der Waals surface area contributed by atoms with E-state index in [1.807, 2.05) is 0 Å². The lowest BCUT2D eigenvalue weighted by atomic mass is 9.78. The van der Waals surface area contributed by atoms with Crippen LogP contribution < -0.4 is 0 Å². The molecule has 0 amide bonds. The number of hydrogen-bond donors (Lipinski definition) is 1. The number of nitrogens with zero attached hydrogens (tertiary/aromatic N) is 1. The second kappa shape index (κ2) is 5.67. The molecule has 7 heteroatoms. The van der Waals surface area contributed by atoms with Crippen molar-refractivity contribution in [1.29, 1.82) is 0 Å². The van der Waals surface area contributed by atoms with Gasteiger partial charge < -0.3 is 14.4 Å². The second-order valence-corrected chi connectivity index (χ2v) is 3.61. The lowest BCUT2D eigenvalue weighted by molar-refractivity contribution is -0.146. The number of rotatable bonds is 3. The summed E-state index contributed by atoms with van der Waals surface area (Å²) in [6, 6.07) is -1.08. The van der Waals surface area contributed by atoms with Crippen LogP contribution in [0, 0.1) is 0 Å². The maximum Gasteiger partial charge on any atom is 0.629 e. The summed E-state index contributed by atoms with van der Waals surface area (Å²) in [6.45, 7) is 3.42. The van der Waals surface area contributed by atoms with Crippen LogP contribution in [0.3, 0.4) is 0 Å². The fourth-order valence-corrected chi connectivity index (χ4v) is 1.29. The third-order valence-corrected chi connectivity index (χ3v) is 2.02. The molecule has 1 rings (SSSR count). The summed E-state index contributed by atoms with van der Waals surface area (Å²) in [5.41, 5.74) is 0. The number of aliphatic hydroxyl groups excluding tert-OH is 1.